The van der Waals surface area contributed by atoms with Crippen molar-refractivity contribution in [3.63, 3.8) is 0 Å². The number of rotatable bonds is 6. The average molecular weight is 409 g/mol. The molecule has 0 bridgehead atoms. The molecule has 1 aliphatic rings. The fraction of sp³-hybridized carbons (Fsp3) is 0.227. The molecule has 4 rings (SSSR count). The van der Waals surface area contributed by atoms with Crippen LogP contribution in [0.3, 0.4) is 0 Å². The predicted octanol–water partition coefficient (Wildman–Crippen LogP) is 4.11. The molecule has 1 saturated carbocycles. The molecule has 6 nitrogen and oxygen atoms in total. The number of amides is 2. The molecule has 2 amide bonds. The number of carbonyl (C=O) groups excluding carboxylic acids is 2. The summed E-state index contributed by atoms with van der Waals surface area (Å²) in [6.07, 6.45) is 3.49. The van der Waals surface area contributed by atoms with Crippen LogP contribution in [-0.2, 0) is 11.3 Å². The van der Waals surface area contributed by atoms with E-state index in [0.29, 0.717) is 17.1 Å². The highest BCUT2D eigenvalue weighted by Gasteiger charge is 2.29. The second-order valence-electron chi connectivity index (χ2n) is 7.18. The molecule has 0 unspecified atom stereocenters. The number of halogens is 1. The van der Waals surface area contributed by atoms with Gasteiger partial charge in [-0.15, -0.1) is 0 Å². The number of nitrogens with zero attached hydrogens (tertiary/aromatic N) is 2. The summed E-state index contributed by atoms with van der Waals surface area (Å²) >= 11 is 5.93. The molecule has 148 valence electrons. The Kier molecular flexibility index (Phi) is 5.36. The highest BCUT2D eigenvalue weighted by molar-refractivity contribution is 6.30. The van der Waals surface area contributed by atoms with Gasteiger partial charge in [0, 0.05) is 23.2 Å². The summed E-state index contributed by atoms with van der Waals surface area (Å²) in [7, 11) is 0. The third kappa shape index (κ3) is 4.49. The summed E-state index contributed by atoms with van der Waals surface area (Å²) < 4.78 is 1.71. The zero-order valence-corrected chi connectivity index (χ0v) is 16.7. The summed E-state index contributed by atoms with van der Waals surface area (Å²) in [5, 5.41) is 10.8. The second kappa shape index (κ2) is 8.09. The Labute approximate surface area is 173 Å². The molecule has 0 saturated heterocycles. The fourth-order valence-corrected chi connectivity index (χ4v) is 3.23. The van der Waals surface area contributed by atoms with E-state index < -0.39 is 0 Å². The van der Waals surface area contributed by atoms with Crippen molar-refractivity contribution in [3.8, 4) is 5.69 Å². The Hall–Kier alpha value is -3.12. The maximum absolute atomic E-state index is 12.6. The first-order chi connectivity index (χ1) is 14.0. The molecule has 2 N–H and O–H groups in total. The van der Waals surface area contributed by atoms with Crippen molar-refractivity contribution >= 4 is 29.1 Å². The van der Waals surface area contributed by atoms with E-state index in [0.717, 1.165) is 35.5 Å². The lowest BCUT2D eigenvalue weighted by molar-refractivity contribution is -0.117. The molecule has 29 heavy (non-hydrogen) atoms. The Bertz CT molecular complexity index is 1050. The number of aromatic nitrogens is 2. The van der Waals surface area contributed by atoms with Gasteiger partial charge in [-0.25, -0.2) is 4.68 Å². The molecule has 1 aromatic heterocycles. The SMILES string of the molecule is Cc1c(C(=O)NCc2cccc(NC(=O)C3CC3)c2)cnn1-c1ccc(Cl)cc1. The van der Waals surface area contributed by atoms with E-state index in [1.165, 1.54) is 0 Å². The van der Waals surface area contributed by atoms with Crippen molar-refractivity contribution in [1.29, 1.82) is 0 Å². The number of hydrogen-bond acceptors (Lipinski definition) is 3. The molecule has 0 atom stereocenters. The summed E-state index contributed by atoms with van der Waals surface area (Å²) in [5.41, 5.74) is 3.76. The third-order valence-corrected chi connectivity index (χ3v) is 5.17. The summed E-state index contributed by atoms with van der Waals surface area (Å²) in [5.74, 6) is 0.0186. The zero-order valence-electron chi connectivity index (χ0n) is 16.0. The summed E-state index contributed by atoms with van der Waals surface area (Å²) in [6, 6.07) is 14.8. The van der Waals surface area contributed by atoms with Crippen LogP contribution in [0.2, 0.25) is 5.02 Å². The van der Waals surface area contributed by atoms with E-state index in [-0.39, 0.29) is 17.7 Å². The van der Waals surface area contributed by atoms with Gasteiger partial charge in [0.15, 0.2) is 0 Å². The van der Waals surface area contributed by atoms with Gasteiger partial charge in [-0.1, -0.05) is 23.7 Å². The Morgan fingerprint density at radius 2 is 1.93 bits per heavy atom. The largest absolute Gasteiger partial charge is 0.348 e. The van der Waals surface area contributed by atoms with Crippen LogP contribution in [0.1, 0.15) is 34.5 Å². The first-order valence-corrected chi connectivity index (χ1v) is 9.87. The highest BCUT2D eigenvalue weighted by atomic mass is 35.5. The van der Waals surface area contributed by atoms with Gasteiger partial charge in [0.2, 0.25) is 5.91 Å². The van der Waals surface area contributed by atoms with E-state index >= 15 is 0 Å². The van der Waals surface area contributed by atoms with Gasteiger partial charge in [-0.05, 0) is 61.7 Å². The number of carbonyl (C=O) groups is 2. The molecular weight excluding hydrogens is 388 g/mol. The van der Waals surface area contributed by atoms with Crippen LogP contribution in [0.25, 0.3) is 5.69 Å². The minimum Gasteiger partial charge on any atom is -0.348 e. The lowest BCUT2D eigenvalue weighted by Crippen LogP contribution is -2.23. The fourth-order valence-electron chi connectivity index (χ4n) is 3.10. The molecule has 7 heteroatoms. The third-order valence-electron chi connectivity index (χ3n) is 4.92. The lowest BCUT2D eigenvalue weighted by atomic mass is 10.2. The van der Waals surface area contributed by atoms with Gasteiger partial charge < -0.3 is 10.6 Å². The van der Waals surface area contributed by atoms with Crippen molar-refractivity contribution < 1.29 is 9.59 Å². The van der Waals surface area contributed by atoms with Gasteiger partial charge in [-0.2, -0.15) is 5.10 Å². The molecule has 1 fully saturated rings. The van der Waals surface area contributed by atoms with Gasteiger partial charge >= 0.3 is 0 Å². The van der Waals surface area contributed by atoms with Crippen molar-refractivity contribution in [1.82, 2.24) is 15.1 Å². The Morgan fingerprint density at radius 3 is 2.66 bits per heavy atom. The monoisotopic (exact) mass is 408 g/mol. The molecule has 0 spiro atoms. The van der Waals surface area contributed by atoms with E-state index in [2.05, 4.69) is 15.7 Å². The smallest absolute Gasteiger partial charge is 0.255 e. The standard InChI is InChI=1S/C22H21ClN4O2/c1-14-20(13-25-27(14)19-9-7-17(23)8-10-19)22(29)24-12-15-3-2-4-18(11-15)26-21(28)16-5-6-16/h2-4,7-11,13,16H,5-6,12H2,1H3,(H,24,29)(H,26,28). The molecule has 0 radical (unpaired) electrons. The number of hydrogen-bond donors (Lipinski definition) is 2. The van der Waals surface area contributed by atoms with Gasteiger partial charge in [0.1, 0.15) is 0 Å². The van der Waals surface area contributed by atoms with Gasteiger partial charge in [0.25, 0.3) is 5.91 Å². The van der Waals surface area contributed by atoms with Crippen molar-refractivity contribution in [2.75, 3.05) is 5.32 Å². The van der Waals surface area contributed by atoms with Crippen molar-refractivity contribution in [3.05, 3.63) is 76.6 Å². The maximum atomic E-state index is 12.6. The van der Waals surface area contributed by atoms with Crippen LogP contribution >= 0.6 is 11.6 Å². The Morgan fingerprint density at radius 1 is 1.17 bits per heavy atom. The molecule has 3 aromatic rings. The van der Waals surface area contributed by atoms with Crippen molar-refractivity contribution in [2.24, 2.45) is 5.92 Å². The lowest BCUT2D eigenvalue weighted by Gasteiger charge is -2.09. The summed E-state index contributed by atoms with van der Waals surface area (Å²) in [4.78, 5) is 24.6. The molecule has 1 aliphatic carbocycles. The van der Waals surface area contributed by atoms with Crippen LogP contribution in [0.15, 0.2) is 54.7 Å². The van der Waals surface area contributed by atoms with Gasteiger partial charge in [-0.3, -0.25) is 9.59 Å². The first-order valence-electron chi connectivity index (χ1n) is 9.50. The van der Waals surface area contributed by atoms with Gasteiger partial charge in [0.05, 0.1) is 23.1 Å². The second-order valence-corrected chi connectivity index (χ2v) is 7.61. The van der Waals surface area contributed by atoms with Crippen LogP contribution in [0.5, 0.6) is 0 Å². The topological polar surface area (TPSA) is 76.0 Å². The van der Waals surface area contributed by atoms with E-state index in [1.807, 2.05) is 43.3 Å². The predicted molar refractivity (Wildman–Crippen MR) is 112 cm³/mol. The summed E-state index contributed by atoms with van der Waals surface area (Å²) in [6.45, 7) is 2.21. The van der Waals surface area contributed by atoms with Crippen molar-refractivity contribution in [2.45, 2.75) is 26.3 Å². The molecule has 2 aromatic carbocycles. The van der Waals surface area contributed by atoms with Crippen LogP contribution in [0, 0.1) is 12.8 Å². The zero-order chi connectivity index (χ0) is 20.4. The molecular formula is C22H21ClN4O2. The molecule has 1 heterocycles. The van der Waals surface area contributed by atoms with E-state index in [1.54, 1.807) is 23.0 Å². The average Bonchev–Trinajstić information content (AvgIpc) is 3.50. The van der Waals surface area contributed by atoms with E-state index in [4.69, 9.17) is 11.6 Å². The number of anilines is 1. The van der Waals surface area contributed by atoms with E-state index in [9.17, 15) is 9.59 Å². The first kappa shape index (κ1) is 19.2. The van der Waals surface area contributed by atoms with Crippen LogP contribution < -0.4 is 10.6 Å². The quantitative estimate of drug-likeness (QED) is 0.644. The molecule has 0 aliphatic heterocycles. The minimum atomic E-state index is -0.199. The number of nitrogens with one attached hydrogen (secondary N) is 2. The normalized spacial score (nSPS) is 13.2. The number of benzene rings is 2. The minimum absolute atomic E-state index is 0.0661. The Balaban J connectivity index is 1.41. The highest BCUT2D eigenvalue weighted by Crippen LogP contribution is 2.30. The van der Waals surface area contributed by atoms with Crippen LogP contribution in [-0.4, -0.2) is 21.6 Å². The maximum Gasteiger partial charge on any atom is 0.255 e. The van der Waals surface area contributed by atoms with Crippen LogP contribution in [0.4, 0.5) is 5.69 Å².